The van der Waals surface area contributed by atoms with Crippen LogP contribution in [0.3, 0.4) is 0 Å². The summed E-state index contributed by atoms with van der Waals surface area (Å²) in [5, 5.41) is 7.66. The Morgan fingerprint density at radius 2 is 1.69 bits per heavy atom. The van der Waals surface area contributed by atoms with Gasteiger partial charge in [0.15, 0.2) is 0 Å². The summed E-state index contributed by atoms with van der Waals surface area (Å²) < 4.78 is 5.83. The lowest BCUT2D eigenvalue weighted by atomic mass is 10.0. The molecule has 0 spiro atoms. The number of rotatable bonds is 7. The molecule has 0 bridgehead atoms. The summed E-state index contributed by atoms with van der Waals surface area (Å²) in [6, 6.07) is 18.3. The zero-order valence-corrected chi connectivity index (χ0v) is 21.2. The van der Waals surface area contributed by atoms with E-state index in [4.69, 9.17) is 4.74 Å². The Morgan fingerprint density at radius 3 is 2.46 bits per heavy atom. The maximum Gasteiger partial charge on any atom is 0.319 e. The highest BCUT2D eigenvalue weighted by Gasteiger charge is 2.44. The number of imide groups is 2. The highest BCUT2D eigenvalue weighted by Crippen LogP contribution is 2.28. The number of aryl methyl sites for hydroxylation is 1. The number of hydrogen-bond donors (Lipinski definition) is 3. The first-order chi connectivity index (χ1) is 18.8. The average molecular weight is 527 g/mol. The lowest BCUT2D eigenvalue weighted by Crippen LogP contribution is -2.54. The monoisotopic (exact) mass is 526 g/mol. The molecule has 1 atom stereocenters. The van der Waals surface area contributed by atoms with Crippen LogP contribution in [0.2, 0.25) is 0 Å². The molecule has 0 aliphatic carbocycles. The van der Waals surface area contributed by atoms with Crippen molar-refractivity contribution in [3.05, 3.63) is 94.5 Å². The Hall–Kier alpha value is -4.99. The summed E-state index contributed by atoms with van der Waals surface area (Å²) in [6.45, 7) is 2.52. The Kier molecular flexibility index (Phi) is 7.09. The van der Waals surface area contributed by atoms with Gasteiger partial charge in [-0.1, -0.05) is 42.0 Å². The molecule has 3 aromatic rings. The normalized spacial score (nSPS) is 16.5. The van der Waals surface area contributed by atoms with Gasteiger partial charge in [-0.3, -0.25) is 29.4 Å². The Bertz CT molecular complexity index is 1480. The molecule has 1 unspecified atom stereocenters. The standard InChI is InChI=1S/C29H26N4O6/c1-17-5-7-18(8-6-17)16-39-21-4-2-3-20(14-21)31-29(38)30-15-19-9-10-22-23(13-19)28(37)33(27(22)36)24-11-12-25(34)32-26(24)35/h2-10,13-14,24H,11-12,15-16H2,1H3,(H2,30,31,38)(H,32,34,35). The van der Waals surface area contributed by atoms with Gasteiger partial charge < -0.3 is 15.4 Å². The summed E-state index contributed by atoms with van der Waals surface area (Å²) in [5.41, 5.74) is 3.69. The van der Waals surface area contributed by atoms with E-state index in [2.05, 4.69) is 16.0 Å². The van der Waals surface area contributed by atoms with E-state index in [1.807, 2.05) is 31.2 Å². The molecule has 39 heavy (non-hydrogen) atoms. The minimum Gasteiger partial charge on any atom is -0.489 e. The molecular weight excluding hydrogens is 500 g/mol. The molecule has 5 rings (SSSR count). The Morgan fingerprint density at radius 1 is 0.949 bits per heavy atom. The van der Waals surface area contributed by atoms with Crippen LogP contribution < -0.4 is 20.7 Å². The molecule has 1 saturated heterocycles. The quantitative estimate of drug-likeness (QED) is 0.405. The first kappa shape index (κ1) is 25.7. The molecule has 3 N–H and O–H groups in total. The van der Waals surface area contributed by atoms with E-state index in [-0.39, 0.29) is 30.5 Å². The van der Waals surface area contributed by atoms with Crippen LogP contribution in [0, 0.1) is 6.92 Å². The first-order valence-corrected chi connectivity index (χ1v) is 12.5. The van der Waals surface area contributed by atoms with Gasteiger partial charge in [0.05, 0.1) is 11.1 Å². The van der Waals surface area contributed by atoms with Gasteiger partial charge in [-0.2, -0.15) is 0 Å². The van der Waals surface area contributed by atoms with Gasteiger partial charge in [-0.15, -0.1) is 0 Å². The summed E-state index contributed by atoms with van der Waals surface area (Å²) >= 11 is 0. The van der Waals surface area contributed by atoms with Crippen molar-refractivity contribution in [2.24, 2.45) is 0 Å². The van der Waals surface area contributed by atoms with Crippen molar-refractivity contribution in [2.45, 2.75) is 39.0 Å². The summed E-state index contributed by atoms with van der Waals surface area (Å²) in [5.74, 6) is -1.66. The van der Waals surface area contributed by atoms with Gasteiger partial charge in [0.1, 0.15) is 18.4 Å². The zero-order valence-electron chi connectivity index (χ0n) is 21.2. The summed E-state index contributed by atoms with van der Waals surface area (Å²) in [7, 11) is 0. The maximum atomic E-state index is 13.0. The van der Waals surface area contributed by atoms with E-state index in [1.54, 1.807) is 30.3 Å². The van der Waals surface area contributed by atoms with Crippen molar-refractivity contribution >= 4 is 35.3 Å². The minimum absolute atomic E-state index is 0.0515. The Labute approximate surface area is 224 Å². The largest absolute Gasteiger partial charge is 0.489 e. The van der Waals surface area contributed by atoms with E-state index in [0.29, 0.717) is 23.6 Å². The summed E-state index contributed by atoms with van der Waals surface area (Å²) in [4.78, 5) is 62.9. The zero-order chi connectivity index (χ0) is 27.5. The number of anilines is 1. The highest BCUT2D eigenvalue weighted by atomic mass is 16.5. The van der Waals surface area contributed by atoms with Crippen LogP contribution in [0.4, 0.5) is 10.5 Å². The second kappa shape index (κ2) is 10.8. The number of nitrogens with one attached hydrogen (secondary N) is 3. The number of urea groups is 1. The number of hydrogen-bond acceptors (Lipinski definition) is 6. The number of piperidine rings is 1. The number of nitrogens with zero attached hydrogens (tertiary/aromatic N) is 1. The van der Waals surface area contributed by atoms with E-state index >= 15 is 0 Å². The van der Waals surface area contributed by atoms with Crippen molar-refractivity contribution in [3.63, 3.8) is 0 Å². The van der Waals surface area contributed by atoms with Crippen molar-refractivity contribution in [1.29, 1.82) is 0 Å². The van der Waals surface area contributed by atoms with Crippen LogP contribution in [0.25, 0.3) is 0 Å². The predicted octanol–water partition coefficient (Wildman–Crippen LogP) is 3.30. The fourth-order valence-electron chi connectivity index (χ4n) is 4.50. The molecular formula is C29H26N4O6. The van der Waals surface area contributed by atoms with Gasteiger partial charge in [0.2, 0.25) is 11.8 Å². The second-order valence-corrected chi connectivity index (χ2v) is 9.44. The minimum atomic E-state index is -1.03. The number of fused-ring (bicyclic) bond motifs is 1. The van der Waals surface area contributed by atoms with Gasteiger partial charge >= 0.3 is 6.03 Å². The van der Waals surface area contributed by atoms with Crippen molar-refractivity contribution in [2.75, 3.05) is 5.32 Å². The predicted molar refractivity (Wildman–Crippen MR) is 141 cm³/mol. The van der Waals surface area contributed by atoms with E-state index in [9.17, 15) is 24.0 Å². The molecule has 3 aromatic carbocycles. The third kappa shape index (κ3) is 5.64. The molecule has 2 aliphatic heterocycles. The fraction of sp³-hybridized carbons (Fsp3) is 0.207. The van der Waals surface area contributed by atoms with Crippen molar-refractivity contribution in [1.82, 2.24) is 15.5 Å². The van der Waals surface area contributed by atoms with Crippen molar-refractivity contribution in [3.8, 4) is 5.75 Å². The molecule has 0 saturated carbocycles. The van der Waals surface area contributed by atoms with Crippen molar-refractivity contribution < 1.29 is 28.7 Å². The van der Waals surface area contributed by atoms with Crippen LogP contribution >= 0.6 is 0 Å². The van der Waals surface area contributed by atoms with E-state index < -0.39 is 35.7 Å². The maximum absolute atomic E-state index is 13.0. The smallest absolute Gasteiger partial charge is 0.319 e. The number of amides is 6. The SMILES string of the molecule is Cc1ccc(COc2cccc(NC(=O)NCc3ccc4c(c3)C(=O)N(C3CCC(=O)NC3=O)C4=O)c2)cc1. The molecule has 198 valence electrons. The average Bonchev–Trinajstić information content (AvgIpc) is 3.16. The number of carbonyl (C=O) groups excluding carboxylic acids is 5. The second-order valence-electron chi connectivity index (χ2n) is 9.44. The highest BCUT2D eigenvalue weighted by molar-refractivity contribution is 6.23. The molecule has 10 heteroatoms. The van der Waals surface area contributed by atoms with E-state index in [1.165, 1.54) is 17.7 Å². The molecule has 6 amide bonds. The third-order valence-corrected chi connectivity index (χ3v) is 6.58. The molecule has 2 aliphatic rings. The molecule has 10 nitrogen and oxygen atoms in total. The van der Waals surface area contributed by atoms with Gasteiger partial charge in [-0.25, -0.2) is 4.79 Å². The number of ether oxygens (including phenoxy) is 1. The number of carbonyl (C=O) groups is 5. The first-order valence-electron chi connectivity index (χ1n) is 12.5. The van der Waals surface area contributed by atoms with Crippen LogP contribution in [0.1, 0.15) is 50.2 Å². The fourth-order valence-corrected chi connectivity index (χ4v) is 4.50. The van der Waals surface area contributed by atoms with Crippen LogP contribution in [-0.4, -0.2) is 40.6 Å². The van der Waals surface area contributed by atoms with Crippen LogP contribution in [-0.2, 0) is 22.7 Å². The third-order valence-electron chi connectivity index (χ3n) is 6.58. The Balaban J connectivity index is 1.17. The molecule has 0 aromatic heterocycles. The van der Waals surface area contributed by atoms with Gasteiger partial charge in [0.25, 0.3) is 11.8 Å². The summed E-state index contributed by atoms with van der Waals surface area (Å²) in [6.07, 6.45) is 0.138. The molecule has 0 radical (unpaired) electrons. The lowest BCUT2D eigenvalue weighted by molar-refractivity contribution is -0.136. The van der Waals surface area contributed by atoms with Crippen LogP contribution in [0.5, 0.6) is 5.75 Å². The van der Waals surface area contributed by atoms with Gasteiger partial charge in [0, 0.05) is 24.7 Å². The topological polar surface area (TPSA) is 134 Å². The van der Waals surface area contributed by atoms with E-state index in [0.717, 1.165) is 10.5 Å². The molecule has 2 heterocycles. The molecule has 1 fully saturated rings. The number of benzene rings is 3. The van der Waals surface area contributed by atoms with Gasteiger partial charge in [-0.05, 0) is 48.7 Å². The van der Waals surface area contributed by atoms with Crippen LogP contribution in [0.15, 0.2) is 66.7 Å². The lowest BCUT2D eigenvalue weighted by Gasteiger charge is -2.27.